The van der Waals surface area contributed by atoms with Crippen LogP contribution in [0.4, 0.5) is 0 Å². The van der Waals surface area contributed by atoms with Gasteiger partial charge in [0.15, 0.2) is 11.5 Å². The fraction of sp³-hybridized carbons (Fsp3) is 0.385. The maximum absolute atomic E-state index is 9.87. The Labute approximate surface area is 198 Å². The zero-order valence-corrected chi connectivity index (χ0v) is 19.4. The van der Waals surface area contributed by atoms with E-state index in [9.17, 15) is 5.11 Å². The van der Waals surface area contributed by atoms with E-state index in [1.807, 2.05) is 25.1 Å². The lowest BCUT2D eigenvalue weighted by Gasteiger charge is -2.29. The number of hydrogen-bond donors (Lipinski definition) is 1. The van der Waals surface area contributed by atoms with E-state index < -0.39 is 0 Å². The number of aromatic nitrogens is 1. The van der Waals surface area contributed by atoms with Crippen LogP contribution >= 0.6 is 11.6 Å². The third kappa shape index (κ3) is 4.77. The fourth-order valence-electron chi connectivity index (χ4n) is 4.47. The maximum Gasteiger partial charge on any atom is 0.231 e. The first kappa shape index (κ1) is 22.0. The molecule has 0 radical (unpaired) electrons. The summed E-state index contributed by atoms with van der Waals surface area (Å²) in [5.74, 6) is 8.03. The molecule has 0 spiro atoms. The first-order chi connectivity index (χ1) is 16.1. The topological polar surface area (TPSA) is 56.1 Å². The number of hydrogen-bond acceptors (Lipinski definition) is 5. The number of rotatable bonds is 6. The Balaban J connectivity index is 1.48. The van der Waals surface area contributed by atoms with Crippen LogP contribution < -0.4 is 14.2 Å². The zero-order valence-electron chi connectivity index (χ0n) is 18.6. The van der Waals surface area contributed by atoms with Crippen molar-refractivity contribution in [3.8, 4) is 29.1 Å². The highest BCUT2D eigenvalue weighted by Crippen LogP contribution is 2.38. The van der Waals surface area contributed by atoms with E-state index in [2.05, 4.69) is 39.6 Å². The predicted octanol–water partition coefficient (Wildman–Crippen LogP) is 4.43. The van der Waals surface area contributed by atoms with Gasteiger partial charge in [0, 0.05) is 54.4 Å². The van der Waals surface area contributed by atoms with Crippen molar-refractivity contribution in [2.75, 3.05) is 26.5 Å². The van der Waals surface area contributed by atoms with Gasteiger partial charge in [0.25, 0.3) is 0 Å². The summed E-state index contributed by atoms with van der Waals surface area (Å²) in [6.07, 6.45) is 3.65. The minimum atomic E-state index is -0.185. The van der Waals surface area contributed by atoms with Crippen molar-refractivity contribution in [3.05, 3.63) is 52.7 Å². The standard InChI is InChI=1S/C26H27ClN2O4/c1-2-3-10-31-21-4-5-24-22(12-21)19(14-28-8-6-20(30)7-9-28)16-29(24)15-18-11-25-26(13-23(18)27)33-17-32-25/h4-5,11-13,16,20,30H,6-10,14-15,17H2,1H3. The summed E-state index contributed by atoms with van der Waals surface area (Å²) in [5, 5.41) is 11.7. The first-order valence-corrected chi connectivity index (χ1v) is 11.6. The largest absolute Gasteiger partial charge is 0.481 e. The quantitative estimate of drug-likeness (QED) is 0.545. The second kappa shape index (κ2) is 9.56. The van der Waals surface area contributed by atoms with E-state index in [0.29, 0.717) is 23.9 Å². The monoisotopic (exact) mass is 466 g/mol. The van der Waals surface area contributed by atoms with Crippen molar-refractivity contribution < 1.29 is 19.3 Å². The summed E-state index contributed by atoms with van der Waals surface area (Å²) >= 11 is 6.57. The number of nitrogens with zero attached hydrogens (tertiary/aromatic N) is 2. The molecule has 7 heteroatoms. The number of piperidine rings is 1. The maximum atomic E-state index is 9.87. The Hall–Kier alpha value is -2.85. The number of benzene rings is 2. The molecular formula is C26H27ClN2O4. The molecule has 0 unspecified atom stereocenters. The number of likely N-dealkylation sites (tertiary alicyclic amines) is 1. The van der Waals surface area contributed by atoms with Crippen LogP contribution in [-0.4, -0.2) is 47.2 Å². The average Bonchev–Trinajstić information content (AvgIpc) is 3.40. The molecule has 2 aliphatic rings. The zero-order chi connectivity index (χ0) is 22.8. The molecule has 1 aromatic heterocycles. The van der Waals surface area contributed by atoms with E-state index in [1.165, 1.54) is 5.56 Å². The molecule has 0 atom stereocenters. The van der Waals surface area contributed by atoms with Crippen molar-refractivity contribution in [1.82, 2.24) is 9.47 Å². The van der Waals surface area contributed by atoms with Gasteiger partial charge in [-0.3, -0.25) is 4.90 Å². The molecule has 1 fully saturated rings. The molecular weight excluding hydrogens is 440 g/mol. The van der Waals surface area contributed by atoms with Gasteiger partial charge in [0.05, 0.1) is 6.10 Å². The van der Waals surface area contributed by atoms with E-state index in [0.717, 1.165) is 60.4 Å². The van der Waals surface area contributed by atoms with E-state index in [-0.39, 0.29) is 12.9 Å². The molecule has 2 aliphatic heterocycles. The second-order valence-electron chi connectivity index (χ2n) is 8.48. The summed E-state index contributed by atoms with van der Waals surface area (Å²) in [7, 11) is 0. The lowest BCUT2D eigenvalue weighted by atomic mass is 10.1. The van der Waals surface area contributed by atoms with E-state index >= 15 is 0 Å². The van der Waals surface area contributed by atoms with Crippen molar-refractivity contribution in [3.63, 3.8) is 0 Å². The van der Waals surface area contributed by atoms with Gasteiger partial charge in [-0.2, -0.15) is 0 Å². The van der Waals surface area contributed by atoms with E-state index in [1.54, 1.807) is 0 Å². The van der Waals surface area contributed by atoms with Gasteiger partial charge in [-0.25, -0.2) is 0 Å². The third-order valence-corrected chi connectivity index (χ3v) is 6.61. The van der Waals surface area contributed by atoms with Gasteiger partial charge in [0.2, 0.25) is 6.79 Å². The molecule has 0 bridgehead atoms. The number of halogens is 1. The van der Waals surface area contributed by atoms with Gasteiger partial charge in [-0.05, 0) is 55.2 Å². The van der Waals surface area contributed by atoms with Crippen LogP contribution in [0.15, 0.2) is 36.5 Å². The molecule has 2 aromatic carbocycles. The molecule has 33 heavy (non-hydrogen) atoms. The van der Waals surface area contributed by atoms with Crippen molar-refractivity contribution in [1.29, 1.82) is 0 Å². The van der Waals surface area contributed by atoms with Crippen LogP contribution in [0.25, 0.3) is 10.9 Å². The minimum absolute atomic E-state index is 0.185. The van der Waals surface area contributed by atoms with Crippen molar-refractivity contribution in [2.45, 2.75) is 39.0 Å². The first-order valence-electron chi connectivity index (χ1n) is 11.2. The molecule has 172 valence electrons. The molecule has 3 heterocycles. The van der Waals surface area contributed by atoms with Gasteiger partial charge in [-0.15, -0.1) is 5.92 Å². The highest BCUT2D eigenvalue weighted by Gasteiger charge is 2.21. The van der Waals surface area contributed by atoms with Gasteiger partial charge in [-0.1, -0.05) is 17.5 Å². The van der Waals surface area contributed by atoms with Crippen LogP contribution in [0.2, 0.25) is 5.02 Å². The predicted molar refractivity (Wildman–Crippen MR) is 128 cm³/mol. The van der Waals surface area contributed by atoms with Gasteiger partial charge in [0.1, 0.15) is 12.4 Å². The smallest absolute Gasteiger partial charge is 0.231 e. The minimum Gasteiger partial charge on any atom is -0.481 e. The van der Waals surface area contributed by atoms with Crippen LogP contribution in [0, 0.1) is 11.8 Å². The molecule has 0 saturated carbocycles. The fourth-order valence-corrected chi connectivity index (χ4v) is 4.68. The summed E-state index contributed by atoms with van der Waals surface area (Å²) in [6.45, 7) is 5.63. The number of aliphatic hydroxyl groups excluding tert-OH is 1. The number of fused-ring (bicyclic) bond motifs is 2. The third-order valence-electron chi connectivity index (χ3n) is 6.26. The Kier molecular flexibility index (Phi) is 6.37. The Bertz CT molecular complexity index is 1220. The molecule has 6 nitrogen and oxygen atoms in total. The lowest BCUT2D eigenvalue weighted by Crippen LogP contribution is -2.35. The summed E-state index contributed by atoms with van der Waals surface area (Å²) < 4.78 is 19.0. The van der Waals surface area contributed by atoms with Crippen molar-refractivity contribution >= 4 is 22.5 Å². The Morgan fingerprint density at radius 2 is 1.88 bits per heavy atom. The van der Waals surface area contributed by atoms with E-state index in [4.69, 9.17) is 25.8 Å². The molecule has 1 N–H and O–H groups in total. The van der Waals surface area contributed by atoms with Gasteiger partial charge < -0.3 is 23.9 Å². The van der Waals surface area contributed by atoms with Crippen LogP contribution in [0.5, 0.6) is 17.2 Å². The summed E-state index contributed by atoms with van der Waals surface area (Å²) in [6, 6.07) is 9.96. The molecule has 1 saturated heterocycles. The second-order valence-corrected chi connectivity index (χ2v) is 8.89. The van der Waals surface area contributed by atoms with Crippen LogP contribution in [-0.2, 0) is 13.1 Å². The average molecular weight is 467 g/mol. The normalized spacial score (nSPS) is 16.1. The Morgan fingerprint density at radius 1 is 1.09 bits per heavy atom. The number of aliphatic hydroxyl groups is 1. The molecule has 0 amide bonds. The summed E-state index contributed by atoms with van der Waals surface area (Å²) in [5.41, 5.74) is 3.32. The highest BCUT2D eigenvalue weighted by molar-refractivity contribution is 6.31. The van der Waals surface area contributed by atoms with Crippen LogP contribution in [0.1, 0.15) is 30.9 Å². The van der Waals surface area contributed by atoms with Crippen LogP contribution in [0.3, 0.4) is 0 Å². The van der Waals surface area contributed by atoms with Crippen molar-refractivity contribution in [2.24, 2.45) is 0 Å². The summed E-state index contributed by atoms with van der Waals surface area (Å²) in [4.78, 5) is 2.40. The molecule has 3 aromatic rings. The number of ether oxygens (including phenoxy) is 3. The lowest BCUT2D eigenvalue weighted by molar-refractivity contribution is 0.0794. The molecule has 0 aliphatic carbocycles. The Morgan fingerprint density at radius 3 is 2.67 bits per heavy atom. The SMILES string of the molecule is CC#CCOc1ccc2c(c1)c(CN1CCC(O)CC1)cn2Cc1cc2c(cc1Cl)OCO2. The van der Waals surface area contributed by atoms with Gasteiger partial charge >= 0.3 is 0 Å². The molecule has 5 rings (SSSR count). The highest BCUT2D eigenvalue weighted by atomic mass is 35.5.